The Labute approximate surface area is 119 Å². The maximum atomic E-state index is 6.23. The van der Waals surface area contributed by atoms with Gasteiger partial charge >= 0.3 is 0 Å². The predicted molar refractivity (Wildman–Crippen MR) is 82.3 cm³/mol. The summed E-state index contributed by atoms with van der Waals surface area (Å²) in [5.41, 5.74) is 6.99. The third-order valence-corrected chi connectivity index (χ3v) is 5.55. The number of hydrogen-bond acceptors (Lipinski definition) is 3. The van der Waals surface area contributed by atoms with E-state index in [2.05, 4.69) is 37.7 Å². The summed E-state index contributed by atoms with van der Waals surface area (Å²) in [6.45, 7) is 8.14. The van der Waals surface area contributed by atoms with Crippen LogP contribution in [-0.4, -0.2) is 55.1 Å². The lowest BCUT2D eigenvalue weighted by Gasteiger charge is -2.53. The van der Waals surface area contributed by atoms with E-state index in [1.54, 1.807) is 0 Å². The highest BCUT2D eigenvalue weighted by Gasteiger charge is 2.44. The standard InChI is InChI=1S/C16H33N3/c1-15(2)8-5-9-16(12-15,13-17)19-10-6-14(7-11-19)18(3)4/h14H,5-13,17H2,1-4H3. The van der Waals surface area contributed by atoms with E-state index in [0.717, 1.165) is 12.6 Å². The van der Waals surface area contributed by atoms with Crippen LogP contribution in [0.2, 0.25) is 0 Å². The monoisotopic (exact) mass is 267 g/mol. The van der Waals surface area contributed by atoms with Crippen LogP contribution in [0.15, 0.2) is 0 Å². The van der Waals surface area contributed by atoms with Gasteiger partial charge in [0.05, 0.1) is 0 Å². The summed E-state index contributed by atoms with van der Waals surface area (Å²) in [5.74, 6) is 0. The van der Waals surface area contributed by atoms with Crippen LogP contribution in [0, 0.1) is 5.41 Å². The lowest BCUT2D eigenvalue weighted by atomic mass is 9.67. The van der Waals surface area contributed by atoms with Crippen molar-refractivity contribution in [3.63, 3.8) is 0 Å². The van der Waals surface area contributed by atoms with E-state index >= 15 is 0 Å². The minimum absolute atomic E-state index is 0.291. The summed E-state index contributed by atoms with van der Waals surface area (Å²) < 4.78 is 0. The van der Waals surface area contributed by atoms with E-state index in [1.807, 2.05) is 0 Å². The Bertz CT molecular complexity index is 292. The van der Waals surface area contributed by atoms with E-state index in [0.29, 0.717) is 11.0 Å². The van der Waals surface area contributed by atoms with Crippen molar-refractivity contribution in [3.05, 3.63) is 0 Å². The first-order valence-electron chi connectivity index (χ1n) is 8.00. The van der Waals surface area contributed by atoms with Crippen LogP contribution in [-0.2, 0) is 0 Å². The highest BCUT2D eigenvalue weighted by Crippen LogP contribution is 2.44. The number of nitrogens with two attached hydrogens (primary N) is 1. The quantitative estimate of drug-likeness (QED) is 0.852. The molecule has 3 heteroatoms. The van der Waals surface area contributed by atoms with Crippen molar-refractivity contribution >= 4 is 0 Å². The van der Waals surface area contributed by atoms with Crippen LogP contribution in [0.5, 0.6) is 0 Å². The number of piperidine rings is 1. The fourth-order valence-corrected chi connectivity index (χ4v) is 4.39. The molecule has 2 aliphatic rings. The first kappa shape index (κ1) is 15.3. The van der Waals surface area contributed by atoms with E-state index in [-0.39, 0.29) is 0 Å². The van der Waals surface area contributed by atoms with Gasteiger partial charge in [-0.25, -0.2) is 0 Å². The maximum Gasteiger partial charge on any atom is 0.0336 e. The molecular formula is C16H33N3. The van der Waals surface area contributed by atoms with Crippen LogP contribution in [0.25, 0.3) is 0 Å². The molecule has 0 aromatic carbocycles. The molecule has 0 amide bonds. The molecule has 0 bridgehead atoms. The van der Waals surface area contributed by atoms with Gasteiger partial charge in [-0.1, -0.05) is 20.3 Å². The van der Waals surface area contributed by atoms with Gasteiger partial charge in [-0.2, -0.15) is 0 Å². The van der Waals surface area contributed by atoms with Crippen LogP contribution in [0.3, 0.4) is 0 Å². The SMILES string of the molecule is CN(C)C1CCN(C2(CN)CCCC(C)(C)C2)CC1. The fraction of sp³-hybridized carbons (Fsp3) is 1.00. The first-order chi connectivity index (χ1) is 8.88. The van der Waals surface area contributed by atoms with Gasteiger partial charge in [-0.05, 0) is 51.6 Å². The molecule has 1 saturated carbocycles. The van der Waals surface area contributed by atoms with Crippen molar-refractivity contribution < 1.29 is 0 Å². The van der Waals surface area contributed by atoms with Gasteiger partial charge in [-0.3, -0.25) is 4.90 Å². The Kier molecular flexibility index (Phi) is 4.59. The van der Waals surface area contributed by atoms with Gasteiger partial charge in [0.1, 0.15) is 0 Å². The minimum Gasteiger partial charge on any atom is -0.329 e. The molecule has 1 aliphatic carbocycles. The van der Waals surface area contributed by atoms with E-state index < -0.39 is 0 Å². The van der Waals surface area contributed by atoms with Gasteiger partial charge < -0.3 is 10.6 Å². The topological polar surface area (TPSA) is 32.5 Å². The zero-order valence-electron chi connectivity index (χ0n) is 13.4. The average Bonchev–Trinajstić information content (AvgIpc) is 2.37. The van der Waals surface area contributed by atoms with Crippen molar-refractivity contribution in [3.8, 4) is 0 Å². The predicted octanol–water partition coefficient (Wildman–Crippen LogP) is 2.31. The third kappa shape index (κ3) is 3.32. The van der Waals surface area contributed by atoms with Gasteiger partial charge in [0.2, 0.25) is 0 Å². The Balaban J connectivity index is 2.02. The molecule has 2 N–H and O–H groups in total. The number of nitrogens with zero attached hydrogens (tertiary/aromatic N) is 2. The average molecular weight is 267 g/mol. The summed E-state index contributed by atoms with van der Waals surface area (Å²) in [4.78, 5) is 5.12. The largest absolute Gasteiger partial charge is 0.329 e. The summed E-state index contributed by atoms with van der Waals surface area (Å²) in [6.07, 6.45) is 7.90. The Morgan fingerprint density at radius 1 is 1.16 bits per heavy atom. The molecule has 2 rings (SSSR count). The highest BCUT2D eigenvalue weighted by atomic mass is 15.2. The second-order valence-corrected chi connectivity index (χ2v) is 7.80. The fourth-order valence-electron chi connectivity index (χ4n) is 4.39. The van der Waals surface area contributed by atoms with Crippen LogP contribution < -0.4 is 5.73 Å². The molecule has 1 aliphatic heterocycles. The molecule has 1 atom stereocenters. The van der Waals surface area contributed by atoms with Crippen LogP contribution >= 0.6 is 0 Å². The minimum atomic E-state index is 0.291. The second kappa shape index (κ2) is 5.71. The molecule has 0 radical (unpaired) electrons. The number of likely N-dealkylation sites (tertiary alicyclic amines) is 1. The molecule has 1 saturated heterocycles. The van der Waals surface area contributed by atoms with Crippen molar-refractivity contribution in [1.29, 1.82) is 0 Å². The maximum absolute atomic E-state index is 6.23. The molecule has 19 heavy (non-hydrogen) atoms. The summed E-state index contributed by atoms with van der Waals surface area (Å²) in [6, 6.07) is 0.766. The van der Waals surface area contributed by atoms with Crippen molar-refractivity contribution in [2.75, 3.05) is 33.7 Å². The normalized spacial score (nSPS) is 33.8. The molecule has 112 valence electrons. The van der Waals surface area contributed by atoms with Gasteiger partial charge in [0.15, 0.2) is 0 Å². The molecule has 2 fully saturated rings. The summed E-state index contributed by atoms with van der Waals surface area (Å²) in [5, 5.41) is 0. The molecule has 3 nitrogen and oxygen atoms in total. The molecule has 0 aromatic heterocycles. The Morgan fingerprint density at radius 3 is 2.26 bits per heavy atom. The lowest BCUT2D eigenvalue weighted by molar-refractivity contribution is -0.0141. The van der Waals surface area contributed by atoms with Gasteiger partial charge in [-0.15, -0.1) is 0 Å². The smallest absolute Gasteiger partial charge is 0.0336 e. The molecular weight excluding hydrogens is 234 g/mol. The molecule has 1 heterocycles. The molecule has 0 spiro atoms. The van der Waals surface area contributed by atoms with E-state index in [9.17, 15) is 0 Å². The number of rotatable bonds is 3. The first-order valence-corrected chi connectivity index (χ1v) is 8.00. The van der Waals surface area contributed by atoms with Crippen molar-refractivity contribution in [2.24, 2.45) is 11.1 Å². The summed E-state index contributed by atoms with van der Waals surface area (Å²) in [7, 11) is 4.42. The van der Waals surface area contributed by atoms with Crippen molar-refractivity contribution in [2.45, 2.75) is 64.0 Å². The summed E-state index contributed by atoms with van der Waals surface area (Å²) >= 11 is 0. The van der Waals surface area contributed by atoms with Crippen molar-refractivity contribution in [1.82, 2.24) is 9.80 Å². The van der Waals surface area contributed by atoms with Gasteiger partial charge in [0, 0.05) is 31.2 Å². The molecule has 1 unspecified atom stereocenters. The molecule has 0 aromatic rings. The third-order valence-electron chi connectivity index (χ3n) is 5.55. The lowest BCUT2D eigenvalue weighted by Crippen LogP contribution is -2.60. The highest BCUT2D eigenvalue weighted by molar-refractivity contribution is 5.00. The second-order valence-electron chi connectivity index (χ2n) is 7.80. The zero-order chi connectivity index (χ0) is 14.1. The van der Waals surface area contributed by atoms with Crippen LogP contribution in [0.4, 0.5) is 0 Å². The Hall–Kier alpha value is -0.120. The number of hydrogen-bond donors (Lipinski definition) is 1. The zero-order valence-corrected chi connectivity index (χ0v) is 13.4. The van der Waals surface area contributed by atoms with E-state index in [4.69, 9.17) is 5.73 Å². The van der Waals surface area contributed by atoms with Crippen LogP contribution in [0.1, 0.15) is 52.4 Å². The van der Waals surface area contributed by atoms with E-state index in [1.165, 1.54) is 51.6 Å². The Morgan fingerprint density at radius 2 is 1.79 bits per heavy atom. The van der Waals surface area contributed by atoms with Gasteiger partial charge in [0.25, 0.3) is 0 Å².